The number of hydrogen-bond donors (Lipinski definition) is 1. The molecule has 0 aromatic rings. The Morgan fingerprint density at radius 1 is 0.569 bits per heavy atom. The Labute approximate surface area is 312 Å². The van der Waals surface area contributed by atoms with E-state index in [-0.39, 0.29) is 6.61 Å². The van der Waals surface area contributed by atoms with Crippen LogP contribution in [-0.2, 0) is 19.2 Å². The van der Waals surface area contributed by atoms with Gasteiger partial charge in [-0.3, -0.25) is 0 Å². The van der Waals surface area contributed by atoms with Crippen molar-refractivity contribution in [1.29, 1.82) is 0 Å². The van der Waals surface area contributed by atoms with Crippen LogP contribution in [0.25, 0.3) is 0 Å². The van der Waals surface area contributed by atoms with Crippen LogP contribution in [0.15, 0.2) is 24.3 Å². The zero-order valence-corrected chi connectivity index (χ0v) is 33.5. The van der Waals surface area contributed by atoms with Crippen LogP contribution in [0.4, 0.5) is 13.3 Å². The zero-order chi connectivity index (χ0) is 37.9. The van der Waals surface area contributed by atoms with Crippen molar-refractivity contribution in [2.24, 2.45) is 5.73 Å². The third-order valence-electron chi connectivity index (χ3n) is 9.86. The van der Waals surface area contributed by atoms with E-state index < -0.39 is 29.6 Å². The third-order valence-corrected chi connectivity index (χ3v) is 9.86. The Kier molecular flexibility index (Phi) is 33.5. The van der Waals surface area contributed by atoms with Crippen LogP contribution in [-0.4, -0.2) is 42.9 Å². The van der Waals surface area contributed by atoms with Gasteiger partial charge in [-0.05, 0) is 78.1 Å². The van der Waals surface area contributed by atoms with Crippen molar-refractivity contribution in [3.8, 4) is 0 Å². The molecular formula is C43H80F3NO4. The highest BCUT2D eigenvalue weighted by atomic mass is 19.3. The molecule has 5 nitrogen and oxygen atoms in total. The molecule has 0 aromatic carbocycles. The van der Waals surface area contributed by atoms with Gasteiger partial charge in [0.25, 0.3) is 0 Å². The van der Waals surface area contributed by atoms with Crippen LogP contribution < -0.4 is 5.73 Å². The first-order chi connectivity index (χ1) is 24.6. The average molecular weight is 732 g/mol. The fourth-order valence-electron chi connectivity index (χ4n) is 6.44. The fraction of sp³-hybridized carbons (Fsp3) is 0.884. The number of alkyl halides is 2. The molecule has 0 saturated carbocycles. The van der Waals surface area contributed by atoms with Crippen molar-refractivity contribution in [2.45, 2.75) is 231 Å². The predicted molar refractivity (Wildman–Crippen MR) is 209 cm³/mol. The van der Waals surface area contributed by atoms with Gasteiger partial charge in [0, 0.05) is 17.7 Å². The van der Waals surface area contributed by atoms with E-state index in [1.807, 2.05) is 0 Å². The van der Waals surface area contributed by atoms with Crippen molar-refractivity contribution >= 4 is 5.97 Å². The summed E-state index contributed by atoms with van der Waals surface area (Å²) in [5.41, 5.74) is 4.64. The second-order valence-corrected chi connectivity index (χ2v) is 15.1. The number of carbonyl (C=O) groups excluding carboxylic acids is 1. The van der Waals surface area contributed by atoms with Gasteiger partial charge in [0.15, 0.2) is 0 Å². The monoisotopic (exact) mass is 732 g/mol. The lowest BCUT2D eigenvalue weighted by molar-refractivity contribution is -0.225. The lowest BCUT2D eigenvalue weighted by Gasteiger charge is -2.39. The summed E-state index contributed by atoms with van der Waals surface area (Å²) in [4.78, 5) is 14.4. The van der Waals surface area contributed by atoms with E-state index in [4.69, 9.17) is 15.2 Å². The maximum atomic E-state index is 14.7. The molecule has 0 aliphatic carbocycles. The molecule has 51 heavy (non-hydrogen) atoms. The number of rotatable bonds is 38. The smallest absolute Gasteiger partial charge is 0.373 e. The number of ether oxygens (including phenoxy) is 2. The molecule has 0 spiro atoms. The van der Waals surface area contributed by atoms with E-state index in [2.05, 4.69) is 43.1 Å². The minimum absolute atomic E-state index is 0.196. The standard InChI is InChI=1S/C43H80F3NO4/c1-5-7-9-11-13-15-17-19-21-23-25-27-29-31-33-35-37-49-40(39(47)43(44,45)41(48)51-46)42(3,4)50-38-36-34-32-30-28-26-24-22-20-18-16-14-12-10-8-6-2/h19-22,39-40H,5-18,23-38,47H2,1-4H3. The lowest BCUT2D eigenvalue weighted by Crippen LogP contribution is -2.61. The second kappa shape index (κ2) is 34.4. The molecule has 0 aromatic heterocycles. The van der Waals surface area contributed by atoms with E-state index in [0.29, 0.717) is 13.0 Å². The summed E-state index contributed by atoms with van der Waals surface area (Å²) in [6.45, 7) is 8.32. The van der Waals surface area contributed by atoms with E-state index in [9.17, 15) is 18.1 Å². The van der Waals surface area contributed by atoms with Crippen LogP contribution in [0, 0.1) is 0 Å². The second-order valence-electron chi connectivity index (χ2n) is 15.1. The summed E-state index contributed by atoms with van der Waals surface area (Å²) < 4.78 is 53.7. The van der Waals surface area contributed by atoms with Crippen molar-refractivity contribution in [2.75, 3.05) is 13.2 Å². The Morgan fingerprint density at radius 2 is 0.902 bits per heavy atom. The van der Waals surface area contributed by atoms with E-state index in [1.165, 1.54) is 109 Å². The molecule has 8 heteroatoms. The fourth-order valence-corrected chi connectivity index (χ4v) is 6.44. The predicted octanol–water partition coefficient (Wildman–Crippen LogP) is 13.6. The normalized spacial score (nSPS) is 13.8. The molecule has 0 saturated heterocycles. The quantitative estimate of drug-likeness (QED) is 0.0506. The Bertz CT molecular complexity index is 836. The van der Waals surface area contributed by atoms with Crippen LogP contribution in [0.1, 0.15) is 207 Å². The van der Waals surface area contributed by atoms with Crippen molar-refractivity contribution in [3.63, 3.8) is 0 Å². The number of nitrogens with two attached hydrogens (primary N) is 1. The van der Waals surface area contributed by atoms with E-state index in [1.54, 1.807) is 13.8 Å². The number of carbonyl (C=O) groups is 1. The van der Waals surface area contributed by atoms with E-state index >= 15 is 0 Å². The van der Waals surface area contributed by atoms with Crippen molar-refractivity contribution < 1.29 is 32.5 Å². The Balaban J connectivity index is 4.32. The third kappa shape index (κ3) is 27.8. The number of hydrogen-bond acceptors (Lipinski definition) is 5. The molecule has 2 atom stereocenters. The van der Waals surface area contributed by atoms with Gasteiger partial charge in [-0.2, -0.15) is 8.78 Å². The first-order valence-corrected chi connectivity index (χ1v) is 21.2. The van der Waals surface area contributed by atoms with Gasteiger partial charge in [-0.1, -0.05) is 154 Å². The largest absolute Gasteiger partial charge is 0.419 e. The maximum Gasteiger partial charge on any atom is 0.419 e. The first kappa shape index (κ1) is 49.6. The molecular weight excluding hydrogens is 651 g/mol. The van der Waals surface area contributed by atoms with Crippen LogP contribution in [0.5, 0.6) is 0 Å². The minimum atomic E-state index is -4.26. The summed E-state index contributed by atoms with van der Waals surface area (Å²) in [6, 6.07) is -2.12. The number of allylic oxidation sites excluding steroid dienone is 4. The zero-order valence-electron chi connectivity index (χ0n) is 33.5. The molecule has 2 unspecified atom stereocenters. The molecule has 0 aliphatic heterocycles. The lowest BCUT2D eigenvalue weighted by atomic mass is 9.91. The minimum Gasteiger partial charge on any atom is -0.373 e. The summed E-state index contributed by atoms with van der Waals surface area (Å²) in [6.07, 6.45) is 40.9. The first-order valence-electron chi connectivity index (χ1n) is 21.2. The SMILES string of the molecule is CCCCCCCCC=CCCCCCCCCOC(C(N)C(F)(F)C(=O)OF)C(C)(C)OCCCCCCCCC=CCCCCCCCC. The highest BCUT2D eigenvalue weighted by Gasteiger charge is 2.55. The van der Waals surface area contributed by atoms with Crippen LogP contribution in [0.2, 0.25) is 0 Å². The van der Waals surface area contributed by atoms with Gasteiger partial charge in [0.05, 0.1) is 5.60 Å². The Hall–Kier alpha value is -1.38. The maximum absolute atomic E-state index is 14.7. The van der Waals surface area contributed by atoms with Gasteiger partial charge in [-0.15, -0.1) is 0 Å². The van der Waals surface area contributed by atoms with Gasteiger partial charge >= 0.3 is 11.9 Å². The number of halogens is 3. The van der Waals surface area contributed by atoms with Crippen LogP contribution in [0.3, 0.4) is 0 Å². The molecule has 0 heterocycles. The molecule has 302 valence electrons. The molecule has 0 radical (unpaired) electrons. The summed E-state index contributed by atoms with van der Waals surface area (Å²) >= 11 is 0. The molecule has 0 amide bonds. The highest BCUT2D eigenvalue weighted by Crippen LogP contribution is 2.31. The molecule has 2 N–H and O–H groups in total. The molecule has 0 fully saturated rings. The molecule has 0 aliphatic rings. The topological polar surface area (TPSA) is 70.8 Å². The van der Waals surface area contributed by atoms with Gasteiger partial charge in [-0.25, -0.2) is 9.74 Å². The van der Waals surface area contributed by atoms with Gasteiger partial charge < -0.3 is 15.2 Å². The highest BCUT2D eigenvalue weighted by molar-refractivity contribution is 5.78. The van der Waals surface area contributed by atoms with E-state index in [0.717, 1.165) is 64.2 Å². The van der Waals surface area contributed by atoms with Crippen molar-refractivity contribution in [3.05, 3.63) is 24.3 Å². The molecule has 0 rings (SSSR count). The number of unbranched alkanes of at least 4 members (excludes halogenated alkanes) is 24. The summed E-state index contributed by atoms with van der Waals surface area (Å²) in [5, 5.41) is 0. The molecule has 0 bridgehead atoms. The summed E-state index contributed by atoms with van der Waals surface area (Å²) in [7, 11) is 0. The van der Waals surface area contributed by atoms with Gasteiger partial charge in [0.1, 0.15) is 12.1 Å². The van der Waals surface area contributed by atoms with Crippen LogP contribution >= 0.6 is 0 Å². The van der Waals surface area contributed by atoms with Crippen molar-refractivity contribution in [1.82, 2.24) is 0 Å². The summed E-state index contributed by atoms with van der Waals surface area (Å²) in [5.74, 6) is -6.57. The Morgan fingerprint density at radius 3 is 1.27 bits per heavy atom. The van der Waals surface area contributed by atoms with Gasteiger partial charge in [0.2, 0.25) is 0 Å². The average Bonchev–Trinajstić information content (AvgIpc) is 3.11.